The maximum Gasteiger partial charge on any atom is 0.278 e. The summed E-state index contributed by atoms with van der Waals surface area (Å²) in [5.41, 5.74) is 7.53. The van der Waals surface area contributed by atoms with Crippen LogP contribution in [0.15, 0.2) is 66.1 Å². The molecule has 1 aliphatic rings. The van der Waals surface area contributed by atoms with Crippen LogP contribution in [0.3, 0.4) is 0 Å². The summed E-state index contributed by atoms with van der Waals surface area (Å²) in [7, 11) is 0. The summed E-state index contributed by atoms with van der Waals surface area (Å²) in [5.74, 6) is 1.03. The Bertz CT molecular complexity index is 1450. The highest BCUT2D eigenvalue weighted by Crippen LogP contribution is 2.23. The number of hydrogen-bond donors (Lipinski definition) is 3. The van der Waals surface area contributed by atoms with Crippen molar-refractivity contribution < 1.29 is 8.78 Å². The molecule has 1 saturated heterocycles. The molecule has 1 aliphatic heterocycles. The van der Waals surface area contributed by atoms with Crippen LogP contribution in [-0.4, -0.2) is 56.4 Å². The normalized spacial score (nSPS) is 16.0. The maximum absolute atomic E-state index is 13.1. The molecule has 4 aromatic rings. The third-order valence-electron chi connectivity index (χ3n) is 5.95. The van der Waals surface area contributed by atoms with E-state index in [0.717, 1.165) is 5.69 Å². The molecular formula is C24H25F2N9O. The number of benzene rings is 1. The first-order chi connectivity index (χ1) is 17.4. The summed E-state index contributed by atoms with van der Waals surface area (Å²) in [5, 5.41) is 6.32. The van der Waals surface area contributed by atoms with E-state index >= 15 is 0 Å². The molecule has 0 aliphatic carbocycles. The number of aromatic nitrogens is 5. The summed E-state index contributed by atoms with van der Waals surface area (Å²) in [4.78, 5) is 28.2. The van der Waals surface area contributed by atoms with Gasteiger partial charge in [0, 0.05) is 37.2 Å². The molecule has 10 nitrogen and oxygen atoms in total. The van der Waals surface area contributed by atoms with E-state index in [1.165, 1.54) is 10.9 Å². The van der Waals surface area contributed by atoms with E-state index in [1.807, 2.05) is 29.2 Å². The highest BCUT2D eigenvalue weighted by Gasteiger charge is 2.26. The summed E-state index contributed by atoms with van der Waals surface area (Å²) in [6.45, 7) is 5.36. The summed E-state index contributed by atoms with van der Waals surface area (Å²) in [6.07, 6.45) is 0.663. The molecule has 1 aromatic carbocycles. The number of nitrogens with zero attached hydrogens (tertiary/aromatic N) is 6. The Morgan fingerprint density at radius 3 is 2.75 bits per heavy atom. The van der Waals surface area contributed by atoms with Crippen molar-refractivity contribution in [3.05, 3.63) is 71.7 Å². The van der Waals surface area contributed by atoms with Crippen LogP contribution in [-0.2, 0) is 6.54 Å². The highest BCUT2D eigenvalue weighted by molar-refractivity contribution is 5.77. The van der Waals surface area contributed by atoms with E-state index in [9.17, 15) is 13.6 Å². The van der Waals surface area contributed by atoms with Gasteiger partial charge in [-0.2, -0.15) is 4.98 Å². The predicted octanol–water partition coefficient (Wildman–Crippen LogP) is 2.53. The van der Waals surface area contributed by atoms with Crippen LogP contribution in [0, 0.1) is 0 Å². The molecule has 1 fully saturated rings. The number of pyridine rings is 1. The molecule has 5 rings (SSSR count). The van der Waals surface area contributed by atoms with Gasteiger partial charge in [0.15, 0.2) is 11.5 Å². The van der Waals surface area contributed by atoms with Gasteiger partial charge in [-0.15, -0.1) is 6.58 Å². The average Bonchev–Trinajstić information content (AvgIpc) is 3.15. The van der Waals surface area contributed by atoms with Gasteiger partial charge < -0.3 is 21.3 Å². The van der Waals surface area contributed by atoms with Crippen LogP contribution < -0.4 is 26.8 Å². The van der Waals surface area contributed by atoms with Crippen molar-refractivity contribution >= 4 is 34.2 Å². The first-order valence-corrected chi connectivity index (χ1v) is 11.4. The predicted molar refractivity (Wildman–Crippen MR) is 135 cm³/mol. The lowest BCUT2D eigenvalue weighted by Crippen LogP contribution is -2.53. The fraction of sp³-hybridized carbons (Fsp3) is 0.250. The minimum absolute atomic E-state index is 0.238. The van der Waals surface area contributed by atoms with Crippen molar-refractivity contribution in [1.82, 2.24) is 29.6 Å². The van der Waals surface area contributed by atoms with Gasteiger partial charge >= 0.3 is 0 Å². The standard InChI is InChI=1S/C24H25F2N9O/c1-2-11-34-23(36)17-13-29-24(32-22(17)35(34)20-5-3-4-19(27)31-20)30-15-6-8-16(9-7-15)33-12-10-28-18(14-33)21(25)26/h2-9,13,18,21,28H,1,10-12,14H2,(H2,27,31)(H,29,30,32). The van der Waals surface area contributed by atoms with Gasteiger partial charge in [-0.1, -0.05) is 12.1 Å². The van der Waals surface area contributed by atoms with E-state index < -0.39 is 12.5 Å². The van der Waals surface area contributed by atoms with E-state index in [1.54, 1.807) is 29.0 Å². The van der Waals surface area contributed by atoms with Crippen molar-refractivity contribution in [2.45, 2.75) is 19.0 Å². The topological polar surface area (TPSA) is 119 Å². The summed E-state index contributed by atoms with van der Waals surface area (Å²) < 4.78 is 29.3. The Balaban J connectivity index is 1.44. The number of fused-ring (bicyclic) bond motifs is 1. The van der Waals surface area contributed by atoms with Crippen LogP contribution in [0.25, 0.3) is 16.9 Å². The van der Waals surface area contributed by atoms with E-state index in [2.05, 4.69) is 32.2 Å². The molecule has 3 aromatic heterocycles. The van der Waals surface area contributed by atoms with Gasteiger partial charge in [0.05, 0.1) is 12.6 Å². The van der Waals surface area contributed by atoms with Crippen LogP contribution in [0.2, 0.25) is 0 Å². The second kappa shape index (κ2) is 9.74. The zero-order chi connectivity index (χ0) is 25.2. The lowest BCUT2D eigenvalue weighted by molar-refractivity contribution is 0.0958. The first-order valence-electron chi connectivity index (χ1n) is 11.4. The highest BCUT2D eigenvalue weighted by atomic mass is 19.3. The Hall–Kier alpha value is -4.32. The average molecular weight is 494 g/mol. The Labute approximate surface area is 205 Å². The third-order valence-corrected chi connectivity index (χ3v) is 5.95. The third kappa shape index (κ3) is 4.50. The number of rotatable bonds is 7. The Morgan fingerprint density at radius 1 is 1.22 bits per heavy atom. The lowest BCUT2D eigenvalue weighted by atomic mass is 10.2. The van der Waals surface area contributed by atoms with Gasteiger partial charge in [0.1, 0.15) is 11.2 Å². The summed E-state index contributed by atoms with van der Waals surface area (Å²) in [6, 6.07) is 11.7. The molecule has 0 saturated carbocycles. The van der Waals surface area contributed by atoms with Gasteiger partial charge in [-0.05, 0) is 36.4 Å². The minimum Gasteiger partial charge on any atom is -0.384 e. The molecule has 4 N–H and O–H groups in total. The zero-order valence-electron chi connectivity index (χ0n) is 19.3. The number of nitrogen functional groups attached to an aromatic ring is 1. The molecule has 0 radical (unpaired) electrons. The molecule has 0 bridgehead atoms. The fourth-order valence-corrected chi connectivity index (χ4v) is 4.23. The number of allylic oxidation sites excluding steroid dienone is 1. The SMILES string of the molecule is C=CCn1c(=O)c2cnc(Nc3ccc(N4CCNC(C(F)F)C4)cc3)nc2n1-c1cccc(N)n1. The van der Waals surface area contributed by atoms with Crippen molar-refractivity contribution in [3.8, 4) is 5.82 Å². The number of piperazine rings is 1. The van der Waals surface area contributed by atoms with Crippen LogP contribution in [0.1, 0.15) is 0 Å². The number of anilines is 4. The van der Waals surface area contributed by atoms with Crippen molar-refractivity contribution in [3.63, 3.8) is 0 Å². The zero-order valence-corrected chi connectivity index (χ0v) is 19.3. The van der Waals surface area contributed by atoms with Crippen LogP contribution >= 0.6 is 0 Å². The fourth-order valence-electron chi connectivity index (χ4n) is 4.23. The smallest absolute Gasteiger partial charge is 0.278 e. The largest absolute Gasteiger partial charge is 0.384 e. The summed E-state index contributed by atoms with van der Waals surface area (Å²) >= 11 is 0. The molecule has 0 amide bonds. The number of nitrogens with two attached hydrogens (primary N) is 1. The quantitative estimate of drug-likeness (QED) is 0.336. The minimum atomic E-state index is -2.41. The van der Waals surface area contributed by atoms with E-state index in [4.69, 9.17) is 5.73 Å². The number of nitrogens with one attached hydrogen (secondary N) is 2. The van der Waals surface area contributed by atoms with Gasteiger partial charge in [-0.3, -0.25) is 4.79 Å². The molecule has 12 heteroatoms. The van der Waals surface area contributed by atoms with E-state index in [-0.39, 0.29) is 24.6 Å². The van der Waals surface area contributed by atoms with Crippen LogP contribution in [0.5, 0.6) is 0 Å². The van der Waals surface area contributed by atoms with Crippen LogP contribution in [0.4, 0.5) is 31.9 Å². The number of alkyl halides is 2. The van der Waals surface area contributed by atoms with Gasteiger partial charge in [0.2, 0.25) is 5.95 Å². The molecule has 4 heterocycles. The number of hydrogen-bond acceptors (Lipinski definition) is 8. The molecule has 1 unspecified atom stereocenters. The lowest BCUT2D eigenvalue weighted by Gasteiger charge is -2.34. The van der Waals surface area contributed by atoms with Gasteiger partial charge in [-0.25, -0.2) is 28.1 Å². The van der Waals surface area contributed by atoms with E-state index in [0.29, 0.717) is 41.4 Å². The second-order valence-electron chi connectivity index (χ2n) is 8.35. The Morgan fingerprint density at radius 2 is 2.03 bits per heavy atom. The van der Waals surface area contributed by atoms with Gasteiger partial charge in [0.25, 0.3) is 12.0 Å². The molecular weight excluding hydrogens is 468 g/mol. The monoisotopic (exact) mass is 493 g/mol. The molecule has 0 spiro atoms. The second-order valence-corrected chi connectivity index (χ2v) is 8.35. The van der Waals surface area contributed by atoms with Crippen molar-refractivity contribution in [2.24, 2.45) is 0 Å². The van der Waals surface area contributed by atoms with Crippen molar-refractivity contribution in [2.75, 3.05) is 35.6 Å². The van der Waals surface area contributed by atoms with Crippen molar-refractivity contribution in [1.29, 1.82) is 0 Å². The molecule has 1 atom stereocenters. The molecule has 186 valence electrons. The number of halogens is 2. The first kappa shape index (κ1) is 23.4. The molecule has 36 heavy (non-hydrogen) atoms. The maximum atomic E-state index is 13.1. The Kier molecular flexibility index (Phi) is 6.34.